The molecule has 1 fully saturated rings. The molecule has 1 aliphatic rings. The lowest BCUT2D eigenvalue weighted by Gasteiger charge is -2.53. The third-order valence-corrected chi connectivity index (χ3v) is 4.08. The van der Waals surface area contributed by atoms with Crippen LogP contribution in [0.25, 0.3) is 0 Å². The molecule has 0 saturated heterocycles. The van der Waals surface area contributed by atoms with Crippen LogP contribution in [0.2, 0.25) is 0 Å². The van der Waals surface area contributed by atoms with Gasteiger partial charge in [0.25, 0.3) is 0 Å². The summed E-state index contributed by atoms with van der Waals surface area (Å²) in [6.07, 6.45) is 3.85. The van der Waals surface area contributed by atoms with E-state index in [0.29, 0.717) is 6.10 Å². The molecule has 0 aromatic rings. The molecule has 0 bridgehead atoms. The van der Waals surface area contributed by atoms with Crippen LogP contribution in [-0.4, -0.2) is 68.3 Å². The molecule has 0 radical (unpaired) electrons. The van der Waals surface area contributed by atoms with Crippen molar-refractivity contribution in [1.82, 2.24) is 9.80 Å². The Labute approximate surface area is 112 Å². The molecule has 0 aromatic carbocycles. The Hall–Kier alpha value is -0.160. The first-order valence-electron chi connectivity index (χ1n) is 7.29. The van der Waals surface area contributed by atoms with Gasteiger partial charge in [-0.3, -0.25) is 4.90 Å². The van der Waals surface area contributed by atoms with Crippen molar-refractivity contribution in [2.24, 2.45) is 5.73 Å². The van der Waals surface area contributed by atoms with E-state index in [2.05, 4.69) is 37.7 Å². The highest BCUT2D eigenvalue weighted by atomic mass is 16.5. The highest BCUT2D eigenvalue weighted by Gasteiger charge is 2.47. The SMILES string of the molecule is CCOC1CC(CN)(N(CC)CCCN(C)C)C1. The second kappa shape index (κ2) is 7.43. The summed E-state index contributed by atoms with van der Waals surface area (Å²) in [5, 5.41) is 0. The topological polar surface area (TPSA) is 41.7 Å². The lowest BCUT2D eigenvalue weighted by molar-refractivity contribution is -0.0990. The first-order valence-corrected chi connectivity index (χ1v) is 7.29. The summed E-state index contributed by atoms with van der Waals surface area (Å²) >= 11 is 0. The summed E-state index contributed by atoms with van der Waals surface area (Å²) in [5.41, 5.74) is 6.24. The Morgan fingerprint density at radius 3 is 2.33 bits per heavy atom. The van der Waals surface area contributed by atoms with Crippen LogP contribution >= 0.6 is 0 Å². The lowest BCUT2D eigenvalue weighted by atomic mass is 9.72. The molecule has 0 amide bonds. The molecule has 1 rings (SSSR count). The standard InChI is InChI=1S/C14H31N3O/c1-5-17(9-7-8-16(3)4)14(12-15)10-13(11-14)18-6-2/h13H,5-12,15H2,1-4H3. The first-order chi connectivity index (χ1) is 8.57. The van der Waals surface area contributed by atoms with Gasteiger partial charge in [0.2, 0.25) is 0 Å². The molecule has 0 heterocycles. The van der Waals surface area contributed by atoms with Gasteiger partial charge in [0.1, 0.15) is 0 Å². The first kappa shape index (κ1) is 15.9. The Balaban J connectivity index is 2.41. The number of hydrogen-bond donors (Lipinski definition) is 1. The largest absolute Gasteiger partial charge is 0.378 e. The second-order valence-corrected chi connectivity index (χ2v) is 5.65. The van der Waals surface area contributed by atoms with Gasteiger partial charge in [-0.25, -0.2) is 0 Å². The maximum absolute atomic E-state index is 6.03. The van der Waals surface area contributed by atoms with Crippen molar-refractivity contribution >= 4 is 0 Å². The van der Waals surface area contributed by atoms with Gasteiger partial charge in [0.05, 0.1) is 6.10 Å². The van der Waals surface area contributed by atoms with E-state index < -0.39 is 0 Å². The molecule has 1 aliphatic carbocycles. The smallest absolute Gasteiger partial charge is 0.0611 e. The Kier molecular flexibility index (Phi) is 6.57. The van der Waals surface area contributed by atoms with Crippen molar-refractivity contribution in [2.45, 2.75) is 44.8 Å². The van der Waals surface area contributed by atoms with Crippen LogP contribution in [0.4, 0.5) is 0 Å². The molecular weight excluding hydrogens is 226 g/mol. The Morgan fingerprint density at radius 2 is 1.89 bits per heavy atom. The molecular formula is C14H31N3O. The number of rotatable bonds is 9. The van der Waals surface area contributed by atoms with Crippen molar-refractivity contribution in [1.29, 1.82) is 0 Å². The summed E-state index contributed by atoms with van der Waals surface area (Å²) in [7, 11) is 4.26. The molecule has 108 valence electrons. The zero-order valence-corrected chi connectivity index (χ0v) is 12.6. The van der Waals surface area contributed by atoms with E-state index in [-0.39, 0.29) is 5.54 Å². The Bertz CT molecular complexity index is 227. The molecule has 0 spiro atoms. The number of hydrogen-bond acceptors (Lipinski definition) is 4. The minimum atomic E-state index is 0.209. The highest BCUT2D eigenvalue weighted by molar-refractivity contribution is 5.04. The van der Waals surface area contributed by atoms with Crippen LogP contribution < -0.4 is 5.73 Å². The van der Waals surface area contributed by atoms with E-state index in [9.17, 15) is 0 Å². The summed E-state index contributed by atoms with van der Waals surface area (Å²) < 4.78 is 5.68. The Morgan fingerprint density at radius 1 is 1.22 bits per heavy atom. The van der Waals surface area contributed by atoms with Gasteiger partial charge in [-0.05, 0) is 59.9 Å². The monoisotopic (exact) mass is 257 g/mol. The van der Waals surface area contributed by atoms with Gasteiger partial charge < -0.3 is 15.4 Å². The molecule has 0 atom stereocenters. The van der Waals surface area contributed by atoms with Gasteiger partial charge in [-0.2, -0.15) is 0 Å². The van der Waals surface area contributed by atoms with Gasteiger partial charge in [0, 0.05) is 18.7 Å². The average Bonchev–Trinajstić information content (AvgIpc) is 2.29. The van der Waals surface area contributed by atoms with E-state index in [1.165, 1.54) is 6.42 Å². The number of nitrogens with two attached hydrogens (primary N) is 1. The fourth-order valence-electron chi connectivity index (χ4n) is 3.00. The van der Waals surface area contributed by atoms with Crippen LogP contribution in [0.5, 0.6) is 0 Å². The number of ether oxygens (including phenoxy) is 1. The molecule has 4 nitrogen and oxygen atoms in total. The van der Waals surface area contributed by atoms with Gasteiger partial charge in [-0.15, -0.1) is 0 Å². The zero-order chi connectivity index (χ0) is 13.6. The van der Waals surface area contributed by atoms with Crippen LogP contribution in [0, 0.1) is 0 Å². The maximum Gasteiger partial charge on any atom is 0.0611 e. The van der Waals surface area contributed by atoms with Crippen molar-refractivity contribution in [3.05, 3.63) is 0 Å². The highest BCUT2D eigenvalue weighted by Crippen LogP contribution is 2.39. The predicted molar refractivity (Wildman–Crippen MR) is 76.9 cm³/mol. The summed E-state index contributed by atoms with van der Waals surface area (Å²) in [6.45, 7) is 9.25. The molecule has 0 aliphatic heterocycles. The molecule has 18 heavy (non-hydrogen) atoms. The number of likely N-dealkylation sites (N-methyl/N-ethyl adjacent to an activating group) is 1. The minimum absolute atomic E-state index is 0.209. The predicted octanol–water partition coefficient (Wildman–Crippen LogP) is 1.16. The van der Waals surface area contributed by atoms with Crippen molar-refractivity contribution in [2.75, 3.05) is 46.9 Å². The zero-order valence-electron chi connectivity index (χ0n) is 12.6. The van der Waals surface area contributed by atoms with E-state index >= 15 is 0 Å². The third-order valence-electron chi connectivity index (χ3n) is 4.08. The van der Waals surface area contributed by atoms with Crippen LogP contribution in [0.15, 0.2) is 0 Å². The van der Waals surface area contributed by atoms with Crippen LogP contribution in [-0.2, 0) is 4.74 Å². The summed E-state index contributed by atoms with van der Waals surface area (Å²) in [5.74, 6) is 0. The average molecular weight is 257 g/mol. The quantitative estimate of drug-likeness (QED) is 0.673. The van der Waals surface area contributed by atoms with Gasteiger partial charge >= 0.3 is 0 Å². The van der Waals surface area contributed by atoms with E-state index in [1.54, 1.807) is 0 Å². The number of nitrogens with zero attached hydrogens (tertiary/aromatic N) is 2. The summed E-state index contributed by atoms with van der Waals surface area (Å²) in [6, 6.07) is 0. The summed E-state index contributed by atoms with van der Waals surface area (Å²) in [4.78, 5) is 4.80. The fourth-order valence-corrected chi connectivity index (χ4v) is 3.00. The van der Waals surface area contributed by atoms with E-state index in [1.807, 2.05) is 0 Å². The third kappa shape index (κ3) is 3.92. The van der Waals surface area contributed by atoms with Crippen molar-refractivity contribution in [3.8, 4) is 0 Å². The van der Waals surface area contributed by atoms with Crippen molar-refractivity contribution < 1.29 is 4.74 Å². The molecule has 2 N–H and O–H groups in total. The minimum Gasteiger partial charge on any atom is -0.378 e. The van der Waals surface area contributed by atoms with Crippen molar-refractivity contribution in [3.63, 3.8) is 0 Å². The molecule has 1 saturated carbocycles. The van der Waals surface area contributed by atoms with Crippen LogP contribution in [0.3, 0.4) is 0 Å². The van der Waals surface area contributed by atoms with E-state index in [0.717, 1.165) is 45.6 Å². The van der Waals surface area contributed by atoms with Gasteiger partial charge in [-0.1, -0.05) is 6.92 Å². The molecule has 0 aromatic heterocycles. The van der Waals surface area contributed by atoms with E-state index in [4.69, 9.17) is 10.5 Å². The van der Waals surface area contributed by atoms with Crippen LogP contribution in [0.1, 0.15) is 33.1 Å². The van der Waals surface area contributed by atoms with Gasteiger partial charge in [0.15, 0.2) is 0 Å². The normalized spacial score (nSPS) is 27.8. The lowest BCUT2D eigenvalue weighted by Crippen LogP contribution is -2.64. The molecule has 4 heteroatoms. The fraction of sp³-hybridized carbons (Fsp3) is 1.00. The second-order valence-electron chi connectivity index (χ2n) is 5.65. The molecule has 0 unspecified atom stereocenters. The maximum atomic E-state index is 6.03.